The number of benzene rings is 1. The minimum absolute atomic E-state index is 0.257. The van der Waals surface area contributed by atoms with Crippen LogP contribution >= 0.6 is 0 Å². The average molecular weight is 323 g/mol. The van der Waals surface area contributed by atoms with Crippen molar-refractivity contribution in [3.8, 4) is 0 Å². The van der Waals surface area contributed by atoms with Gasteiger partial charge in [-0.1, -0.05) is 19.9 Å². The molecule has 0 unspecified atom stereocenters. The lowest BCUT2D eigenvalue weighted by molar-refractivity contribution is 0.539. The molecule has 20 heavy (non-hydrogen) atoms. The van der Waals surface area contributed by atoms with Crippen LogP contribution in [0.15, 0.2) is 34.1 Å². The molecule has 0 spiro atoms. The number of nitrogens with one attached hydrogen (secondary N) is 1. The van der Waals surface area contributed by atoms with Crippen LogP contribution in [0.3, 0.4) is 0 Å². The predicted molar refractivity (Wildman–Crippen MR) is 74.0 cm³/mol. The van der Waals surface area contributed by atoms with Crippen molar-refractivity contribution in [1.29, 1.82) is 0 Å². The van der Waals surface area contributed by atoms with E-state index in [2.05, 4.69) is 4.72 Å². The van der Waals surface area contributed by atoms with Gasteiger partial charge in [-0.25, -0.2) is 13.1 Å². The van der Waals surface area contributed by atoms with Crippen molar-refractivity contribution in [3.63, 3.8) is 0 Å². The molecule has 0 atom stereocenters. The Labute approximate surface area is 119 Å². The number of hydrogen-bond acceptors (Lipinski definition) is 4. The maximum absolute atomic E-state index is 12.8. The molecule has 1 aromatic carbocycles. The van der Waals surface area contributed by atoms with Crippen LogP contribution in [0.1, 0.15) is 26.7 Å². The van der Waals surface area contributed by atoms with E-state index in [1.807, 2.05) is 13.8 Å². The highest BCUT2D eigenvalue weighted by Gasteiger charge is 2.18. The third-order valence-electron chi connectivity index (χ3n) is 2.65. The van der Waals surface area contributed by atoms with E-state index in [1.165, 1.54) is 12.1 Å². The maximum Gasteiger partial charge on any atom is 0.332 e. The molecular weight excluding hydrogens is 305 g/mol. The maximum atomic E-state index is 12.8. The first-order valence-electron chi connectivity index (χ1n) is 6.17. The highest BCUT2D eigenvalue weighted by molar-refractivity contribution is 7.89. The minimum Gasteiger partial charge on any atom is -0.211 e. The molecule has 0 aromatic heterocycles. The Kier molecular flexibility index (Phi) is 5.67. The Morgan fingerprint density at radius 3 is 2.30 bits per heavy atom. The molecule has 0 saturated carbocycles. The van der Waals surface area contributed by atoms with E-state index in [0.29, 0.717) is 12.3 Å². The molecule has 1 aromatic rings. The van der Waals surface area contributed by atoms with Crippen molar-refractivity contribution in [2.75, 3.05) is 6.54 Å². The van der Waals surface area contributed by atoms with E-state index in [0.717, 1.165) is 18.6 Å². The first-order chi connectivity index (χ1) is 9.13. The minimum atomic E-state index is -4.91. The Hall–Kier alpha value is -0.990. The molecule has 114 valence electrons. The molecular formula is C12H18FNO4S2. The predicted octanol–water partition coefficient (Wildman–Crippen LogP) is 2.06. The summed E-state index contributed by atoms with van der Waals surface area (Å²) in [7, 11) is -8.74. The second-order valence-corrected chi connectivity index (χ2v) is 7.96. The molecule has 5 nitrogen and oxygen atoms in total. The fourth-order valence-electron chi connectivity index (χ4n) is 1.59. The summed E-state index contributed by atoms with van der Waals surface area (Å²) >= 11 is 0. The van der Waals surface area contributed by atoms with E-state index in [-0.39, 0.29) is 11.4 Å². The third kappa shape index (κ3) is 5.18. The van der Waals surface area contributed by atoms with Crippen LogP contribution in [0.2, 0.25) is 0 Å². The van der Waals surface area contributed by atoms with Gasteiger partial charge in [0.25, 0.3) is 0 Å². The largest absolute Gasteiger partial charge is 0.332 e. The summed E-state index contributed by atoms with van der Waals surface area (Å²) in [6, 6.07) is 4.22. The summed E-state index contributed by atoms with van der Waals surface area (Å²) < 4.78 is 60.6. The Morgan fingerprint density at radius 2 is 1.75 bits per heavy atom. The second kappa shape index (κ2) is 6.64. The number of hydrogen-bond donors (Lipinski definition) is 1. The Bertz CT molecular complexity index is 654. The molecule has 0 aliphatic rings. The molecule has 0 amide bonds. The highest BCUT2D eigenvalue weighted by atomic mass is 32.3. The summed E-state index contributed by atoms with van der Waals surface area (Å²) in [6.45, 7) is 4.32. The average Bonchev–Trinajstić information content (AvgIpc) is 2.34. The lowest BCUT2D eigenvalue weighted by Crippen LogP contribution is -2.25. The van der Waals surface area contributed by atoms with Gasteiger partial charge in [-0.15, -0.1) is 3.89 Å². The van der Waals surface area contributed by atoms with Crippen LogP contribution in [0.25, 0.3) is 0 Å². The van der Waals surface area contributed by atoms with Crippen LogP contribution in [-0.2, 0) is 20.2 Å². The highest BCUT2D eigenvalue weighted by Crippen LogP contribution is 2.17. The molecule has 1 N–H and O–H groups in total. The molecule has 0 aliphatic heterocycles. The standard InChI is InChI=1S/C12H18FNO4S2/c1-10(2)5-4-8-14-20(17,18)12-7-3-6-11(9-12)19(13,15)16/h3,6-7,9-10,14H,4-5,8H2,1-2H3. The first kappa shape index (κ1) is 17.1. The summed E-state index contributed by atoms with van der Waals surface area (Å²) in [5, 5.41) is 0. The van der Waals surface area contributed by atoms with Crippen molar-refractivity contribution in [2.24, 2.45) is 5.92 Å². The molecule has 1 rings (SSSR count). The van der Waals surface area contributed by atoms with E-state index in [1.54, 1.807) is 0 Å². The van der Waals surface area contributed by atoms with Crippen molar-refractivity contribution in [1.82, 2.24) is 4.72 Å². The van der Waals surface area contributed by atoms with Crippen molar-refractivity contribution < 1.29 is 20.7 Å². The van der Waals surface area contributed by atoms with Gasteiger partial charge in [-0.05, 0) is 37.0 Å². The molecule has 0 aliphatic carbocycles. The number of sulfonamides is 1. The smallest absolute Gasteiger partial charge is 0.211 e. The van der Waals surface area contributed by atoms with E-state index in [9.17, 15) is 20.7 Å². The number of rotatable bonds is 7. The van der Waals surface area contributed by atoms with Crippen LogP contribution in [0, 0.1) is 5.92 Å². The quantitative estimate of drug-likeness (QED) is 0.615. The Morgan fingerprint density at radius 1 is 1.15 bits per heavy atom. The van der Waals surface area contributed by atoms with Crippen LogP contribution in [-0.4, -0.2) is 23.4 Å². The van der Waals surface area contributed by atoms with Gasteiger partial charge in [0, 0.05) is 6.54 Å². The normalized spacial score (nSPS) is 12.8. The van der Waals surface area contributed by atoms with Gasteiger partial charge in [0.2, 0.25) is 10.0 Å². The fourth-order valence-corrected chi connectivity index (χ4v) is 3.30. The lowest BCUT2D eigenvalue weighted by atomic mass is 10.1. The zero-order valence-corrected chi connectivity index (χ0v) is 13.0. The molecule has 0 bridgehead atoms. The van der Waals surface area contributed by atoms with Gasteiger partial charge in [0.1, 0.15) is 0 Å². The van der Waals surface area contributed by atoms with Gasteiger partial charge < -0.3 is 0 Å². The molecule has 0 radical (unpaired) electrons. The molecule has 0 heterocycles. The SMILES string of the molecule is CC(C)CCCNS(=O)(=O)c1cccc(S(=O)(=O)F)c1. The zero-order valence-electron chi connectivity index (χ0n) is 11.3. The molecule has 0 saturated heterocycles. The van der Waals surface area contributed by atoms with Crippen LogP contribution < -0.4 is 4.72 Å². The van der Waals surface area contributed by atoms with Gasteiger partial charge in [-0.3, -0.25) is 0 Å². The van der Waals surface area contributed by atoms with Gasteiger partial charge in [-0.2, -0.15) is 8.42 Å². The van der Waals surface area contributed by atoms with E-state index in [4.69, 9.17) is 0 Å². The third-order valence-corrected chi connectivity index (χ3v) is 4.92. The zero-order chi connectivity index (χ0) is 15.4. The van der Waals surface area contributed by atoms with Gasteiger partial charge in [0.05, 0.1) is 9.79 Å². The Balaban J connectivity index is 2.83. The van der Waals surface area contributed by atoms with Gasteiger partial charge in [0.15, 0.2) is 0 Å². The number of halogens is 1. The summed E-state index contributed by atoms with van der Waals surface area (Å²) in [6.07, 6.45) is 1.55. The molecule has 0 fully saturated rings. The summed E-state index contributed by atoms with van der Waals surface area (Å²) in [5.74, 6) is 0.472. The lowest BCUT2D eigenvalue weighted by Gasteiger charge is -2.08. The first-order valence-corrected chi connectivity index (χ1v) is 9.04. The van der Waals surface area contributed by atoms with Gasteiger partial charge >= 0.3 is 10.2 Å². The van der Waals surface area contributed by atoms with Crippen LogP contribution in [0.4, 0.5) is 3.89 Å². The van der Waals surface area contributed by atoms with Crippen molar-refractivity contribution in [3.05, 3.63) is 24.3 Å². The summed E-state index contributed by atoms with van der Waals surface area (Å²) in [5.41, 5.74) is 0. The van der Waals surface area contributed by atoms with Crippen molar-refractivity contribution in [2.45, 2.75) is 36.5 Å². The van der Waals surface area contributed by atoms with Crippen LogP contribution in [0.5, 0.6) is 0 Å². The van der Waals surface area contributed by atoms with E-state index < -0.39 is 25.1 Å². The topological polar surface area (TPSA) is 80.3 Å². The fraction of sp³-hybridized carbons (Fsp3) is 0.500. The monoisotopic (exact) mass is 323 g/mol. The second-order valence-electron chi connectivity index (χ2n) is 4.85. The van der Waals surface area contributed by atoms with E-state index >= 15 is 0 Å². The summed E-state index contributed by atoms with van der Waals surface area (Å²) in [4.78, 5) is -0.927. The molecule has 8 heteroatoms. The van der Waals surface area contributed by atoms with Crippen molar-refractivity contribution >= 4 is 20.2 Å².